The highest BCUT2D eigenvalue weighted by Crippen LogP contribution is 2.30. The van der Waals surface area contributed by atoms with Crippen molar-refractivity contribution in [1.82, 2.24) is 4.31 Å². The van der Waals surface area contributed by atoms with Crippen molar-refractivity contribution >= 4 is 21.6 Å². The summed E-state index contributed by atoms with van der Waals surface area (Å²) in [6.07, 6.45) is 1.72. The number of hydrogen-bond donors (Lipinski definition) is 1. The molecule has 0 bridgehead atoms. The fourth-order valence-electron chi connectivity index (χ4n) is 2.96. The molecule has 1 amide bonds. The van der Waals surface area contributed by atoms with E-state index in [1.165, 1.54) is 23.5 Å². The molecule has 1 aliphatic rings. The van der Waals surface area contributed by atoms with Crippen LogP contribution >= 0.6 is 0 Å². The molecule has 1 aliphatic heterocycles. The zero-order valence-electron chi connectivity index (χ0n) is 15.3. The number of anilines is 1. The number of ether oxygens (including phenoxy) is 2. The van der Waals surface area contributed by atoms with Crippen molar-refractivity contribution in [2.45, 2.75) is 17.7 Å². The summed E-state index contributed by atoms with van der Waals surface area (Å²) in [5.41, 5.74) is 0.726. The van der Waals surface area contributed by atoms with Gasteiger partial charge in [0.05, 0.1) is 24.8 Å². The highest BCUT2D eigenvalue weighted by Gasteiger charge is 2.28. The first-order chi connectivity index (χ1) is 13.0. The largest absolute Gasteiger partial charge is 0.497 e. The lowest BCUT2D eigenvalue weighted by molar-refractivity contribution is 0.102. The number of sulfonamides is 1. The van der Waals surface area contributed by atoms with Gasteiger partial charge in [0.15, 0.2) is 0 Å². The predicted molar refractivity (Wildman–Crippen MR) is 102 cm³/mol. The molecular weight excluding hydrogens is 368 g/mol. The minimum absolute atomic E-state index is 0.134. The van der Waals surface area contributed by atoms with Crippen molar-refractivity contribution in [3.05, 3.63) is 48.0 Å². The first-order valence-corrected chi connectivity index (χ1v) is 10.0. The van der Waals surface area contributed by atoms with Crippen molar-refractivity contribution in [3.8, 4) is 11.5 Å². The summed E-state index contributed by atoms with van der Waals surface area (Å²) in [5.74, 6) is 0.659. The Morgan fingerprint density at radius 1 is 1.00 bits per heavy atom. The zero-order valence-corrected chi connectivity index (χ0v) is 16.1. The van der Waals surface area contributed by atoms with Crippen LogP contribution in [0.1, 0.15) is 23.2 Å². The van der Waals surface area contributed by atoms with E-state index < -0.39 is 10.0 Å². The molecule has 27 heavy (non-hydrogen) atoms. The lowest BCUT2D eigenvalue weighted by atomic mass is 10.2. The molecule has 1 heterocycles. The van der Waals surface area contributed by atoms with Crippen LogP contribution in [0.25, 0.3) is 0 Å². The molecule has 0 atom stereocenters. The molecule has 0 saturated carbocycles. The van der Waals surface area contributed by atoms with E-state index in [2.05, 4.69) is 5.32 Å². The van der Waals surface area contributed by atoms with E-state index in [0.29, 0.717) is 35.8 Å². The number of carbonyl (C=O) groups excluding carboxylic acids is 1. The van der Waals surface area contributed by atoms with E-state index in [0.717, 1.165) is 12.8 Å². The van der Waals surface area contributed by atoms with Crippen LogP contribution in [0, 0.1) is 0 Å². The van der Waals surface area contributed by atoms with Gasteiger partial charge in [0.2, 0.25) is 10.0 Å². The van der Waals surface area contributed by atoms with Crippen LogP contribution in [0.15, 0.2) is 47.4 Å². The van der Waals surface area contributed by atoms with Crippen molar-refractivity contribution in [1.29, 1.82) is 0 Å². The van der Waals surface area contributed by atoms with E-state index >= 15 is 0 Å². The number of rotatable bonds is 6. The zero-order chi connectivity index (χ0) is 19.4. The normalized spacial score (nSPS) is 14.7. The lowest BCUT2D eigenvalue weighted by Gasteiger charge is -2.17. The predicted octanol–water partition coefficient (Wildman–Crippen LogP) is 2.74. The summed E-state index contributed by atoms with van der Waals surface area (Å²) in [4.78, 5) is 12.7. The lowest BCUT2D eigenvalue weighted by Crippen LogP contribution is -2.28. The first-order valence-electron chi connectivity index (χ1n) is 8.59. The summed E-state index contributed by atoms with van der Waals surface area (Å²) < 4.78 is 37.4. The molecule has 0 aromatic heterocycles. The quantitative estimate of drug-likeness (QED) is 0.820. The van der Waals surface area contributed by atoms with Gasteiger partial charge in [0, 0.05) is 18.7 Å². The maximum absolute atomic E-state index is 12.8. The molecule has 2 aromatic carbocycles. The average molecular weight is 390 g/mol. The maximum Gasteiger partial charge on any atom is 0.255 e. The smallest absolute Gasteiger partial charge is 0.255 e. The van der Waals surface area contributed by atoms with Gasteiger partial charge in [-0.3, -0.25) is 4.79 Å². The molecule has 8 heteroatoms. The third kappa shape index (κ3) is 4.06. The third-order valence-electron chi connectivity index (χ3n) is 4.47. The van der Waals surface area contributed by atoms with Gasteiger partial charge in [-0.1, -0.05) is 0 Å². The molecule has 3 rings (SSSR count). The van der Waals surface area contributed by atoms with Crippen LogP contribution in [0.5, 0.6) is 11.5 Å². The molecule has 1 N–H and O–H groups in total. The van der Waals surface area contributed by atoms with Gasteiger partial charge in [-0.05, 0) is 55.3 Å². The van der Waals surface area contributed by atoms with Crippen molar-refractivity contribution in [2.75, 3.05) is 32.6 Å². The molecule has 0 aliphatic carbocycles. The van der Waals surface area contributed by atoms with Crippen molar-refractivity contribution in [2.24, 2.45) is 0 Å². The topological polar surface area (TPSA) is 84.9 Å². The number of nitrogens with one attached hydrogen (secondary N) is 1. The second kappa shape index (κ2) is 7.98. The van der Waals surface area contributed by atoms with Gasteiger partial charge in [-0.2, -0.15) is 4.31 Å². The monoisotopic (exact) mass is 390 g/mol. The van der Waals surface area contributed by atoms with Gasteiger partial charge >= 0.3 is 0 Å². The summed E-state index contributed by atoms with van der Waals surface area (Å²) >= 11 is 0. The number of methoxy groups -OCH3 is 2. The van der Waals surface area contributed by atoms with Crippen molar-refractivity contribution in [3.63, 3.8) is 0 Å². The number of amides is 1. The number of benzene rings is 2. The highest BCUT2D eigenvalue weighted by atomic mass is 32.2. The van der Waals surface area contributed by atoms with E-state index in [9.17, 15) is 13.2 Å². The van der Waals surface area contributed by atoms with Gasteiger partial charge in [-0.25, -0.2) is 8.42 Å². The summed E-state index contributed by atoms with van der Waals surface area (Å²) in [7, 11) is -0.573. The van der Waals surface area contributed by atoms with Crippen LogP contribution in [0.4, 0.5) is 5.69 Å². The van der Waals surface area contributed by atoms with Gasteiger partial charge in [0.1, 0.15) is 11.5 Å². The summed E-state index contributed by atoms with van der Waals surface area (Å²) in [6, 6.07) is 11.1. The van der Waals surface area contributed by atoms with E-state index in [1.807, 2.05) is 0 Å². The Morgan fingerprint density at radius 3 is 2.26 bits per heavy atom. The molecule has 0 spiro atoms. The Kier molecular flexibility index (Phi) is 5.67. The van der Waals surface area contributed by atoms with Crippen LogP contribution in [0.3, 0.4) is 0 Å². The molecule has 2 aromatic rings. The number of hydrogen-bond acceptors (Lipinski definition) is 5. The fourth-order valence-corrected chi connectivity index (χ4v) is 4.50. The second-order valence-corrected chi connectivity index (χ2v) is 8.09. The van der Waals surface area contributed by atoms with Gasteiger partial charge in [0.25, 0.3) is 5.91 Å². The Labute approximate surface area is 158 Å². The minimum Gasteiger partial charge on any atom is -0.497 e. The van der Waals surface area contributed by atoms with E-state index in [-0.39, 0.29) is 10.8 Å². The Hall–Kier alpha value is -2.58. The Bertz CT molecular complexity index is 920. The molecule has 1 fully saturated rings. The van der Waals surface area contributed by atoms with Crippen LogP contribution in [-0.2, 0) is 10.0 Å². The average Bonchev–Trinajstić information content (AvgIpc) is 3.23. The SMILES string of the molecule is COc1ccc(C(=O)Nc2cc(S(=O)(=O)N3CCCC3)ccc2OC)cc1. The fraction of sp³-hybridized carbons (Fsp3) is 0.316. The molecule has 144 valence electrons. The Morgan fingerprint density at radius 2 is 1.67 bits per heavy atom. The van der Waals surface area contributed by atoms with E-state index in [1.54, 1.807) is 37.4 Å². The maximum atomic E-state index is 12.8. The highest BCUT2D eigenvalue weighted by molar-refractivity contribution is 7.89. The number of nitrogens with zero attached hydrogens (tertiary/aromatic N) is 1. The molecular formula is C19H22N2O5S. The summed E-state index contributed by atoms with van der Waals surface area (Å²) in [5, 5.41) is 2.73. The van der Waals surface area contributed by atoms with E-state index in [4.69, 9.17) is 9.47 Å². The van der Waals surface area contributed by atoms with Crippen molar-refractivity contribution < 1.29 is 22.7 Å². The molecule has 7 nitrogen and oxygen atoms in total. The molecule has 1 saturated heterocycles. The van der Waals surface area contributed by atoms with Crippen LogP contribution < -0.4 is 14.8 Å². The Balaban J connectivity index is 1.88. The second-order valence-electron chi connectivity index (χ2n) is 6.16. The minimum atomic E-state index is -3.59. The molecule has 0 radical (unpaired) electrons. The number of carbonyl (C=O) groups is 1. The van der Waals surface area contributed by atoms with Crippen LogP contribution in [0.2, 0.25) is 0 Å². The first kappa shape index (κ1) is 19.2. The van der Waals surface area contributed by atoms with Gasteiger partial charge in [-0.15, -0.1) is 0 Å². The third-order valence-corrected chi connectivity index (χ3v) is 6.37. The standard InChI is InChI=1S/C19H22N2O5S/c1-25-15-7-5-14(6-8-15)19(22)20-17-13-16(9-10-18(17)26-2)27(23,24)21-11-3-4-12-21/h5-10,13H,3-4,11-12H2,1-2H3,(H,20,22). The van der Waals surface area contributed by atoms with Crippen LogP contribution in [-0.4, -0.2) is 45.9 Å². The van der Waals surface area contributed by atoms with Gasteiger partial charge < -0.3 is 14.8 Å². The molecule has 0 unspecified atom stereocenters. The summed E-state index contributed by atoms with van der Waals surface area (Å²) in [6.45, 7) is 1.03.